The largest absolute Gasteiger partial charge is 0.623 e. The lowest BCUT2D eigenvalue weighted by Crippen LogP contribution is -2.55. The molecule has 7 nitrogen and oxygen atoms in total. The summed E-state index contributed by atoms with van der Waals surface area (Å²) in [6.07, 6.45) is 11.3. The van der Waals surface area contributed by atoms with Crippen LogP contribution < -0.4 is 9.96 Å². The van der Waals surface area contributed by atoms with E-state index in [0.29, 0.717) is 30.8 Å². The third-order valence-electron chi connectivity index (χ3n) is 5.73. The Labute approximate surface area is 170 Å². The number of allylic oxidation sites excluding steroid dienone is 2. The minimum Gasteiger partial charge on any atom is -0.623 e. The lowest BCUT2D eigenvalue weighted by molar-refractivity contribution is 0.266. The van der Waals surface area contributed by atoms with Crippen LogP contribution in [0.3, 0.4) is 0 Å². The smallest absolute Gasteiger partial charge is 0.309 e. The molecule has 4 rings (SSSR count). The number of rotatable bonds is 9. The van der Waals surface area contributed by atoms with E-state index in [9.17, 15) is 5.21 Å². The molecule has 0 radical (unpaired) electrons. The van der Waals surface area contributed by atoms with E-state index >= 15 is 0 Å². The van der Waals surface area contributed by atoms with Crippen molar-refractivity contribution >= 4 is 16.5 Å². The molecule has 0 aromatic carbocycles. The zero-order valence-electron chi connectivity index (χ0n) is 16.4. The van der Waals surface area contributed by atoms with Crippen LogP contribution in [0.5, 0.6) is 0 Å². The lowest BCUT2D eigenvalue weighted by Gasteiger charge is -2.39. The van der Waals surface area contributed by atoms with Gasteiger partial charge in [0.05, 0.1) is 19.4 Å². The maximum atomic E-state index is 13.9. The standard InChI is InChI=1S/C20H29N5O2S/c1-2-3-4-5-11-24-14-18(21-13-17-10-7-12-27-17)25(26,15-24)20-23-22-19(28-20)16-8-6-9-16/h2-3,7,10,12,16,18,21H,4-6,8-9,11,13-15H2,1H3. The van der Waals surface area contributed by atoms with Crippen LogP contribution in [0.1, 0.15) is 55.7 Å². The minimum atomic E-state index is -0.464. The van der Waals surface area contributed by atoms with Gasteiger partial charge < -0.3 is 9.62 Å². The van der Waals surface area contributed by atoms with Gasteiger partial charge in [0, 0.05) is 12.5 Å². The Bertz CT molecular complexity index is 773. The SMILES string of the molecule is CC=CCCCN1CC(NCc2ccco2)[N+]([O-])(c2nnc(C3CCC3)s2)C1. The van der Waals surface area contributed by atoms with Crippen LogP contribution in [0.4, 0.5) is 5.13 Å². The molecule has 1 aliphatic carbocycles. The van der Waals surface area contributed by atoms with Crippen LogP contribution in [-0.4, -0.2) is 41.0 Å². The van der Waals surface area contributed by atoms with Gasteiger partial charge >= 0.3 is 5.13 Å². The highest BCUT2D eigenvalue weighted by atomic mass is 32.1. The van der Waals surface area contributed by atoms with Crippen LogP contribution in [0.25, 0.3) is 0 Å². The van der Waals surface area contributed by atoms with Gasteiger partial charge in [-0.25, -0.2) is 4.90 Å². The Kier molecular flexibility index (Phi) is 6.22. The molecule has 3 heterocycles. The molecular formula is C20H29N5O2S. The Hall–Kier alpha value is -1.58. The number of hydrogen-bond acceptors (Lipinski definition) is 7. The molecule has 28 heavy (non-hydrogen) atoms. The maximum absolute atomic E-state index is 13.9. The molecule has 2 aromatic heterocycles. The maximum Gasteiger partial charge on any atom is 0.309 e. The Morgan fingerprint density at radius 1 is 1.43 bits per heavy atom. The van der Waals surface area contributed by atoms with E-state index in [0.717, 1.165) is 30.2 Å². The fourth-order valence-electron chi connectivity index (χ4n) is 3.83. The second-order valence-electron chi connectivity index (χ2n) is 7.75. The van der Waals surface area contributed by atoms with Crippen molar-refractivity contribution in [3.05, 3.63) is 46.5 Å². The Morgan fingerprint density at radius 3 is 3.04 bits per heavy atom. The molecule has 1 saturated heterocycles. The molecule has 8 heteroatoms. The number of hydroxylamine groups is 2. The van der Waals surface area contributed by atoms with Crippen molar-refractivity contribution in [2.24, 2.45) is 0 Å². The average Bonchev–Trinajstić information content (AvgIpc) is 3.37. The predicted molar refractivity (Wildman–Crippen MR) is 111 cm³/mol. The number of aromatic nitrogens is 2. The van der Waals surface area contributed by atoms with Gasteiger partial charge in [-0.2, -0.15) is 0 Å². The monoisotopic (exact) mass is 403 g/mol. The van der Waals surface area contributed by atoms with Gasteiger partial charge in [-0.05, 0) is 56.1 Å². The molecule has 0 spiro atoms. The Morgan fingerprint density at radius 2 is 2.32 bits per heavy atom. The fourth-order valence-corrected chi connectivity index (χ4v) is 4.92. The second-order valence-corrected chi connectivity index (χ2v) is 8.74. The van der Waals surface area contributed by atoms with Crippen molar-refractivity contribution in [1.82, 2.24) is 25.1 Å². The zero-order valence-corrected chi connectivity index (χ0v) is 17.2. The third kappa shape index (κ3) is 4.21. The quantitative estimate of drug-likeness (QED) is 0.296. The summed E-state index contributed by atoms with van der Waals surface area (Å²) in [6.45, 7) is 4.63. The third-order valence-corrected chi connectivity index (χ3v) is 6.92. The van der Waals surface area contributed by atoms with Crippen LogP contribution in [0, 0.1) is 5.21 Å². The molecule has 2 atom stereocenters. The van der Waals surface area contributed by atoms with E-state index in [4.69, 9.17) is 4.42 Å². The van der Waals surface area contributed by atoms with Crippen molar-refractivity contribution in [1.29, 1.82) is 0 Å². The summed E-state index contributed by atoms with van der Waals surface area (Å²) < 4.78 is 4.96. The van der Waals surface area contributed by atoms with Crippen molar-refractivity contribution in [3.63, 3.8) is 0 Å². The van der Waals surface area contributed by atoms with Crippen LogP contribution in [0.15, 0.2) is 35.0 Å². The van der Waals surface area contributed by atoms with Crippen molar-refractivity contribution in [2.45, 2.75) is 57.7 Å². The molecule has 2 unspecified atom stereocenters. The van der Waals surface area contributed by atoms with Gasteiger partial charge in [-0.3, -0.25) is 9.96 Å². The summed E-state index contributed by atoms with van der Waals surface area (Å²) in [5, 5.41) is 27.7. The van der Waals surface area contributed by atoms with E-state index < -0.39 is 4.65 Å². The molecule has 152 valence electrons. The molecule has 1 N–H and O–H groups in total. The van der Waals surface area contributed by atoms with Gasteiger partial charge in [0.2, 0.25) is 0 Å². The van der Waals surface area contributed by atoms with E-state index in [1.807, 2.05) is 19.1 Å². The second kappa shape index (κ2) is 8.84. The van der Waals surface area contributed by atoms with Gasteiger partial charge in [0.25, 0.3) is 0 Å². The summed E-state index contributed by atoms with van der Waals surface area (Å²) >= 11 is 1.51. The number of quaternary nitrogens is 1. The number of furan rings is 1. The highest BCUT2D eigenvalue weighted by molar-refractivity contribution is 7.15. The zero-order chi connectivity index (χ0) is 19.4. The van der Waals surface area contributed by atoms with Crippen molar-refractivity contribution in [2.75, 3.05) is 19.8 Å². The summed E-state index contributed by atoms with van der Waals surface area (Å²) in [5.41, 5.74) is 0. The molecule has 2 aromatic rings. The Balaban J connectivity index is 1.47. The minimum absolute atomic E-state index is 0.269. The molecule has 1 aliphatic heterocycles. The highest BCUT2D eigenvalue weighted by Gasteiger charge is 2.44. The number of hydrogen-bond donors (Lipinski definition) is 1. The van der Waals surface area contributed by atoms with Crippen LogP contribution in [-0.2, 0) is 6.54 Å². The van der Waals surface area contributed by atoms with Gasteiger partial charge in [0.15, 0.2) is 6.17 Å². The topological polar surface area (TPSA) is 77.2 Å². The van der Waals surface area contributed by atoms with Gasteiger partial charge in [-0.15, -0.1) is 5.10 Å². The number of nitrogens with one attached hydrogen (secondary N) is 1. The molecule has 0 bridgehead atoms. The summed E-state index contributed by atoms with van der Waals surface area (Å²) in [7, 11) is 0. The van der Waals surface area contributed by atoms with Gasteiger partial charge in [0.1, 0.15) is 17.4 Å². The van der Waals surface area contributed by atoms with E-state index in [2.05, 4.69) is 32.6 Å². The first-order valence-corrected chi connectivity index (χ1v) is 11.0. The molecular weight excluding hydrogens is 374 g/mol. The van der Waals surface area contributed by atoms with E-state index in [1.165, 1.54) is 30.6 Å². The average molecular weight is 404 g/mol. The van der Waals surface area contributed by atoms with Gasteiger partial charge in [-0.1, -0.05) is 23.7 Å². The first-order chi connectivity index (χ1) is 13.7. The van der Waals surface area contributed by atoms with Crippen LogP contribution >= 0.6 is 11.3 Å². The van der Waals surface area contributed by atoms with E-state index in [1.54, 1.807) is 6.26 Å². The lowest BCUT2D eigenvalue weighted by atomic mass is 9.86. The molecule has 1 saturated carbocycles. The first kappa shape index (κ1) is 19.7. The molecule has 2 aliphatic rings. The normalized spacial score (nSPS) is 26.3. The number of unbranched alkanes of at least 4 members (excludes halogenated alkanes) is 1. The fraction of sp³-hybridized carbons (Fsp3) is 0.600. The predicted octanol–water partition coefficient (Wildman–Crippen LogP) is 3.95. The van der Waals surface area contributed by atoms with Crippen molar-refractivity contribution < 1.29 is 4.42 Å². The van der Waals surface area contributed by atoms with E-state index in [-0.39, 0.29) is 6.17 Å². The highest BCUT2D eigenvalue weighted by Crippen LogP contribution is 2.41. The first-order valence-electron chi connectivity index (χ1n) is 10.2. The summed E-state index contributed by atoms with van der Waals surface area (Å²) in [4.78, 5) is 2.25. The van der Waals surface area contributed by atoms with Crippen LogP contribution in [0.2, 0.25) is 0 Å². The summed E-state index contributed by atoms with van der Waals surface area (Å²) in [5.74, 6) is 1.34. The summed E-state index contributed by atoms with van der Waals surface area (Å²) in [6, 6.07) is 3.80. The van der Waals surface area contributed by atoms with Crippen molar-refractivity contribution in [3.8, 4) is 0 Å². The molecule has 2 fully saturated rings. The molecule has 0 amide bonds. The number of nitrogens with zero attached hydrogens (tertiary/aromatic N) is 4.